The molecule has 2 aromatic carbocycles. The lowest BCUT2D eigenvalue weighted by Crippen LogP contribution is -2.28. The number of rotatable bonds is 5. The molecule has 0 bridgehead atoms. The number of carbonyl (C=O) groups excluding carboxylic acids is 1. The van der Waals surface area contributed by atoms with Crippen LogP contribution in [-0.2, 0) is 11.2 Å². The number of nitrogens with one attached hydrogen (secondary N) is 1. The van der Waals surface area contributed by atoms with E-state index in [4.69, 9.17) is 11.6 Å². The van der Waals surface area contributed by atoms with Crippen LogP contribution in [0.1, 0.15) is 24.1 Å². The monoisotopic (exact) mass is 340 g/mol. The molecule has 5 nitrogen and oxygen atoms in total. The van der Waals surface area contributed by atoms with E-state index in [1.54, 1.807) is 17.1 Å². The number of hydrogen-bond donors (Lipinski definition) is 1. The van der Waals surface area contributed by atoms with Crippen LogP contribution >= 0.6 is 11.6 Å². The van der Waals surface area contributed by atoms with E-state index in [9.17, 15) is 4.79 Å². The van der Waals surface area contributed by atoms with Crippen LogP contribution in [0.3, 0.4) is 0 Å². The van der Waals surface area contributed by atoms with Gasteiger partial charge in [0.05, 0.1) is 18.2 Å². The van der Waals surface area contributed by atoms with E-state index in [1.807, 2.05) is 49.4 Å². The van der Waals surface area contributed by atoms with E-state index in [0.717, 1.165) is 16.8 Å². The van der Waals surface area contributed by atoms with E-state index in [0.29, 0.717) is 5.02 Å². The van der Waals surface area contributed by atoms with Gasteiger partial charge in [0, 0.05) is 5.02 Å². The van der Waals surface area contributed by atoms with Gasteiger partial charge in [-0.15, -0.1) is 0 Å². The molecule has 1 amide bonds. The van der Waals surface area contributed by atoms with E-state index >= 15 is 0 Å². The van der Waals surface area contributed by atoms with Crippen molar-refractivity contribution < 1.29 is 4.79 Å². The zero-order valence-electron chi connectivity index (χ0n) is 13.2. The van der Waals surface area contributed by atoms with Crippen molar-refractivity contribution in [1.29, 1.82) is 0 Å². The van der Waals surface area contributed by atoms with Crippen molar-refractivity contribution in [2.45, 2.75) is 19.4 Å². The van der Waals surface area contributed by atoms with Crippen LogP contribution in [0, 0.1) is 0 Å². The van der Waals surface area contributed by atoms with Crippen LogP contribution in [0.25, 0.3) is 5.69 Å². The van der Waals surface area contributed by atoms with Gasteiger partial charge in [0.15, 0.2) is 0 Å². The Morgan fingerprint density at radius 1 is 1.21 bits per heavy atom. The normalized spacial score (nSPS) is 11.9. The molecule has 1 aromatic heterocycles. The number of amides is 1. The number of nitrogens with zero attached hydrogens (tertiary/aromatic N) is 3. The second-order valence-corrected chi connectivity index (χ2v) is 5.90. The summed E-state index contributed by atoms with van der Waals surface area (Å²) in [5.74, 6) is -0.0593. The van der Waals surface area contributed by atoms with Crippen LogP contribution in [0.15, 0.2) is 61.2 Å². The second-order valence-electron chi connectivity index (χ2n) is 5.49. The number of aromatic nitrogens is 3. The van der Waals surface area contributed by atoms with Gasteiger partial charge in [-0.1, -0.05) is 41.9 Å². The van der Waals surface area contributed by atoms with Crippen molar-refractivity contribution in [1.82, 2.24) is 20.1 Å². The first-order valence-corrected chi connectivity index (χ1v) is 7.99. The average molecular weight is 341 g/mol. The summed E-state index contributed by atoms with van der Waals surface area (Å²) in [5, 5.41) is 7.69. The first-order chi connectivity index (χ1) is 11.6. The Hall–Kier alpha value is -2.66. The van der Waals surface area contributed by atoms with Crippen molar-refractivity contribution in [2.75, 3.05) is 0 Å². The summed E-state index contributed by atoms with van der Waals surface area (Å²) in [6, 6.07) is 15.1. The van der Waals surface area contributed by atoms with Crippen molar-refractivity contribution in [3.8, 4) is 5.69 Å². The molecule has 0 spiro atoms. The summed E-state index contributed by atoms with van der Waals surface area (Å²) in [6.45, 7) is 1.95. The predicted octanol–water partition coefficient (Wildman–Crippen LogP) is 3.34. The Labute approximate surface area is 145 Å². The van der Waals surface area contributed by atoms with Gasteiger partial charge < -0.3 is 5.32 Å². The highest BCUT2D eigenvalue weighted by molar-refractivity contribution is 6.31. The smallest absolute Gasteiger partial charge is 0.224 e. The zero-order chi connectivity index (χ0) is 16.9. The highest BCUT2D eigenvalue weighted by Gasteiger charge is 2.11. The first-order valence-electron chi connectivity index (χ1n) is 7.61. The fourth-order valence-corrected chi connectivity index (χ4v) is 2.65. The molecule has 1 unspecified atom stereocenters. The number of halogens is 1. The highest BCUT2D eigenvalue weighted by Crippen LogP contribution is 2.18. The predicted molar refractivity (Wildman–Crippen MR) is 93.1 cm³/mol. The average Bonchev–Trinajstić information content (AvgIpc) is 3.11. The number of benzene rings is 2. The largest absolute Gasteiger partial charge is 0.349 e. The molecule has 1 atom stereocenters. The van der Waals surface area contributed by atoms with Gasteiger partial charge in [0.25, 0.3) is 0 Å². The maximum absolute atomic E-state index is 12.2. The third-order valence-corrected chi connectivity index (χ3v) is 4.13. The van der Waals surface area contributed by atoms with Crippen LogP contribution in [-0.4, -0.2) is 20.7 Å². The summed E-state index contributed by atoms with van der Waals surface area (Å²) in [4.78, 5) is 16.1. The Bertz CT molecular complexity index is 815. The molecule has 3 aromatic rings. The maximum Gasteiger partial charge on any atom is 0.224 e. The van der Waals surface area contributed by atoms with Crippen LogP contribution < -0.4 is 5.32 Å². The number of hydrogen-bond acceptors (Lipinski definition) is 3. The van der Waals surface area contributed by atoms with E-state index < -0.39 is 0 Å². The van der Waals surface area contributed by atoms with Crippen molar-refractivity contribution >= 4 is 17.5 Å². The quantitative estimate of drug-likeness (QED) is 0.775. The zero-order valence-corrected chi connectivity index (χ0v) is 13.9. The number of carbonyl (C=O) groups is 1. The summed E-state index contributed by atoms with van der Waals surface area (Å²) in [5.41, 5.74) is 2.77. The molecule has 0 aliphatic heterocycles. The highest BCUT2D eigenvalue weighted by atomic mass is 35.5. The molecule has 122 valence electrons. The third kappa shape index (κ3) is 3.81. The maximum atomic E-state index is 12.2. The Morgan fingerprint density at radius 3 is 2.62 bits per heavy atom. The topological polar surface area (TPSA) is 59.8 Å². The third-order valence-electron chi connectivity index (χ3n) is 3.76. The van der Waals surface area contributed by atoms with Gasteiger partial charge in [0.1, 0.15) is 12.7 Å². The molecule has 0 fully saturated rings. The summed E-state index contributed by atoms with van der Waals surface area (Å²) >= 11 is 6.09. The van der Waals surface area contributed by atoms with Gasteiger partial charge in [-0.05, 0) is 36.2 Å². The molecular formula is C18H17ClN4O. The minimum absolute atomic E-state index is 0.0593. The molecule has 0 radical (unpaired) electrons. The SMILES string of the molecule is CC(NC(=O)Cc1ccccc1Cl)c1ccc(-n2cncn2)cc1. The van der Waals surface area contributed by atoms with Crippen molar-refractivity contribution in [3.63, 3.8) is 0 Å². The summed E-state index contributed by atoms with van der Waals surface area (Å²) < 4.78 is 1.68. The Morgan fingerprint density at radius 2 is 1.96 bits per heavy atom. The molecule has 6 heteroatoms. The van der Waals surface area contributed by atoms with Gasteiger partial charge in [-0.25, -0.2) is 9.67 Å². The van der Waals surface area contributed by atoms with E-state index in [2.05, 4.69) is 15.4 Å². The van der Waals surface area contributed by atoms with Gasteiger partial charge in [-0.3, -0.25) is 4.79 Å². The van der Waals surface area contributed by atoms with E-state index in [-0.39, 0.29) is 18.4 Å². The van der Waals surface area contributed by atoms with Gasteiger partial charge in [0.2, 0.25) is 5.91 Å². The fourth-order valence-electron chi connectivity index (χ4n) is 2.45. The van der Waals surface area contributed by atoms with Crippen LogP contribution in [0.4, 0.5) is 0 Å². The van der Waals surface area contributed by atoms with Crippen LogP contribution in [0.5, 0.6) is 0 Å². The van der Waals surface area contributed by atoms with Gasteiger partial charge >= 0.3 is 0 Å². The lowest BCUT2D eigenvalue weighted by molar-refractivity contribution is -0.121. The standard InChI is InChI=1S/C18H17ClN4O/c1-13(22-18(24)10-15-4-2-3-5-17(15)19)14-6-8-16(9-7-14)23-12-20-11-21-23/h2-9,11-13H,10H2,1H3,(H,22,24). The summed E-state index contributed by atoms with van der Waals surface area (Å²) in [6.07, 6.45) is 3.40. The first kappa shape index (κ1) is 16.2. The molecule has 0 saturated carbocycles. The molecule has 24 heavy (non-hydrogen) atoms. The molecular weight excluding hydrogens is 324 g/mol. The van der Waals surface area contributed by atoms with Crippen LogP contribution in [0.2, 0.25) is 5.02 Å². The van der Waals surface area contributed by atoms with E-state index in [1.165, 1.54) is 6.33 Å². The van der Waals surface area contributed by atoms with Gasteiger partial charge in [-0.2, -0.15) is 5.10 Å². The molecule has 1 N–H and O–H groups in total. The second kappa shape index (κ2) is 7.27. The molecule has 0 aliphatic rings. The lowest BCUT2D eigenvalue weighted by atomic mass is 10.1. The molecule has 1 heterocycles. The molecule has 3 rings (SSSR count). The lowest BCUT2D eigenvalue weighted by Gasteiger charge is -2.15. The fraction of sp³-hybridized carbons (Fsp3) is 0.167. The Balaban J connectivity index is 1.63. The molecule has 0 aliphatic carbocycles. The minimum atomic E-state index is -0.0928. The molecule has 0 saturated heterocycles. The Kier molecular flexibility index (Phi) is 4.91. The van der Waals surface area contributed by atoms with Crippen molar-refractivity contribution in [3.05, 3.63) is 77.3 Å². The minimum Gasteiger partial charge on any atom is -0.349 e. The van der Waals surface area contributed by atoms with Crippen molar-refractivity contribution in [2.24, 2.45) is 0 Å². The summed E-state index contributed by atoms with van der Waals surface area (Å²) in [7, 11) is 0.